The molecule has 2 aromatic carbocycles. The topological polar surface area (TPSA) is 74.6 Å². The number of benzene rings is 2. The molecule has 0 aliphatic rings. The first-order valence-electron chi connectivity index (χ1n) is 10.1. The van der Waals surface area contributed by atoms with Crippen LogP contribution >= 0.6 is 0 Å². The second kappa shape index (κ2) is 13.7. The average molecular weight is 471 g/mol. The van der Waals surface area contributed by atoms with E-state index in [1.54, 1.807) is 0 Å². The van der Waals surface area contributed by atoms with Crippen LogP contribution in [0.3, 0.4) is 0 Å². The molecule has 4 nitrogen and oxygen atoms in total. The van der Waals surface area contributed by atoms with E-state index in [4.69, 9.17) is 0 Å². The number of carbonyl (C=O) groups is 2. The van der Waals surface area contributed by atoms with E-state index in [1.807, 2.05) is 54.6 Å². The molecule has 0 amide bonds. The molecule has 2 N–H and O–H groups in total. The number of carboxylic acids is 2. The number of aryl methyl sites for hydroxylation is 1. The van der Waals surface area contributed by atoms with Gasteiger partial charge in [0.25, 0.3) is 0 Å². The smallest absolute Gasteiger partial charge is 0.307 e. The Hall–Kier alpha value is -1.52. The zero-order chi connectivity index (χ0) is 20.4. The van der Waals surface area contributed by atoms with Crippen LogP contribution in [-0.4, -0.2) is 22.2 Å². The van der Waals surface area contributed by atoms with Crippen molar-refractivity contribution in [3.8, 4) is 0 Å². The fourth-order valence-corrected chi connectivity index (χ4v) is 3.52. The van der Waals surface area contributed by atoms with Crippen LogP contribution in [0, 0.1) is 11.8 Å². The van der Waals surface area contributed by atoms with Crippen molar-refractivity contribution in [2.24, 2.45) is 11.8 Å². The Bertz CT molecular complexity index is 743. The van der Waals surface area contributed by atoms with Gasteiger partial charge in [0.2, 0.25) is 0 Å². The van der Waals surface area contributed by atoms with Crippen molar-refractivity contribution >= 4 is 11.9 Å². The van der Waals surface area contributed by atoms with Crippen molar-refractivity contribution < 1.29 is 52.5 Å². The van der Waals surface area contributed by atoms with E-state index in [2.05, 4.69) is 6.92 Å². The average Bonchev–Trinajstić information content (AvgIpc) is 2.69. The normalized spacial score (nSPS) is 12.6. The van der Waals surface area contributed by atoms with Crippen LogP contribution in [-0.2, 0) is 61.6 Å². The van der Waals surface area contributed by atoms with Crippen molar-refractivity contribution in [2.75, 3.05) is 0 Å². The zero-order valence-electron chi connectivity index (χ0n) is 17.1. The molecule has 2 rings (SSSR count). The maximum absolute atomic E-state index is 11.8. The predicted octanol–water partition coefficient (Wildman–Crippen LogP) is 4.99. The van der Waals surface area contributed by atoms with Gasteiger partial charge in [0, 0.05) is 32.7 Å². The van der Waals surface area contributed by atoms with Crippen LogP contribution in [0.5, 0.6) is 0 Å². The van der Waals surface area contributed by atoms with Gasteiger partial charge >= 0.3 is 11.9 Å². The molecule has 0 heterocycles. The first kappa shape index (κ1) is 25.5. The fourth-order valence-electron chi connectivity index (χ4n) is 3.52. The second-order valence-electron chi connectivity index (χ2n) is 7.41. The third-order valence-corrected chi connectivity index (χ3v) is 5.22. The first-order valence-corrected chi connectivity index (χ1v) is 10.1. The van der Waals surface area contributed by atoms with E-state index in [9.17, 15) is 19.8 Å². The minimum Gasteiger partial charge on any atom is -0.481 e. The van der Waals surface area contributed by atoms with E-state index in [0.717, 1.165) is 24.0 Å². The molecule has 2 aromatic rings. The van der Waals surface area contributed by atoms with Crippen LogP contribution in [0.2, 0.25) is 0 Å². The summed E-state index contributed by atoms with van der Waals surface area (Å²) in [6.45, 7) is 2.19. The van der Waals surface area contributed by atoms with Gasteiger partial charge in [-0.2, -0.15) is 0 Å². The molecule has 0 aliphatic carbocycles. The third kappa shape index (κ3) is 8.80. The largest absolute Gasteiger partial charge is 0.481 e. The minimum atomic E-state index is -1.07. The van der Waals surface area contributed by atoms with Crippen LogP contribution in [0.25, 0.3) is 0 Å². The molecule has 0 aromatic heterocycles. The molecule has 0 spiro atoms. The minimum absolute atomic E-state index is 0. The van der Waals surface area contributed by atoms with Crippen LogP contribution < -0.4 is 0 Å². The standard InChI is InChI=1S/C24H30O4.Y/c1-2-3-4-6-9-18-12-14-20(15-13-18)17-22(24(27)28)21(23(25)26)16-19-10-7-5-8-11-19;/h5,7-8,10-15,21-22H,2-4,6,9,16-17H2,1H3,(H,25,26)(H,27,28);/t21-,22-;/m0./s1. The molecule has 0 aliphatic heterocycles. The summed E-state index contributed by atoms with van der Waals surface area (Å²) in [5, 5.41) is 19.3. The van der Waals surface area contributed by atoms with Gasteiger partial charge in [0.1, 0.15) is 0 Å². The van der Waals surface area contributed by atoms with E-state index >= 15 is 0 Å². The third-order valence-electron chi connectivity index (χ3n) is 5.22. The SMILES string of the molecule is CCCCCCc1ccc(C[C@H](C(=O)O)[C@H](Cc2ccccc2)C(=O)O)cc1.[Y]. The summed E-state index contributed by atoms with van der Waals surface area (Å²) in [7, 11) is 0. The molecule has 0 saturated carbocycles. The van der Waals surface area contributed by atoms with Gasteiger partial charge in [-0.15, -0.1) is 0 Å². The fraction of sp³-hybridized carbons (Fsp3) is 0.417. The van der Waals surface area contributed by atoms with Crippen molar-refractivity contribution in [3.05, 3.63) is 71.3 Å². The maximum atomic E-state index is 11.8. The van der Waals surface area contributed by atoms with Gasteiger partial charge in [-0.3, -0.25) is 9.59 Å². The number of hydrogen-bond acceptors (Lipinski definition) is 2. The van der Waals surface area contributed by atoms with Gasteiger partial charge < -0.3 is 10.2 Å². The molecular weight excluding hydrogens is 441 g/mol. The van der Waals surface area contributed by atoms with E-state index in [-0.39, 0.29) is 45.6 Å². The van der Waals surface area contributed by atoms with Crippen LogP contribution in [0.4, 0.5) is 0 Å². The number of hydrogen-bond donors (Lipinski definition) is 2. The van der Waals surface area contributed by atoms with Gasteiger partial charge in [0.05, 0.1) is 11.8 Å². The van der Waals surface area contributed by atoms with Crippen LogP contribution in [0.1, 0.15) is 49.3 Å². The number of unbranched alkanes of at least 4 members (excludes halogenated alkanes) is 3. The Balaban J connectivity index is 0.00000420. The quantitative estimate of drug-likeness (QED) is 0.428. The Labute approximate surface area is 198 Å². The summed E-state index contributed by atoms with van der Waals surface area (Å²) < 4.78 is 0. The Kier molecular flexibility index (Phi) is 12.0. The molecular formula is C24H30O4Y. The molecule has 153 valence electrons. The van der Waals surface area contributed by atoms with E-state index < -0.39 is 23.8 Å². The van der Waals surface area contributed by atoms with Crippen molar-refractivity contribution in [1.29, 1.82) is 0 Å². The molecule has 0 fully saturated rings. The van der Waals surface area contributed by atoms with E-state index in [1.165, 1.54) is 24.8 Å². The van der Waals surface area contributed by atoms with Crippen molar-refractivity contribution in [2.45, 2.75) is 51.9 Å². The predicted molar refractivity (Wildman–Crippen MR) is 110 cm³/mol. The van der Waals surface area contributed by atoms with Gasteiger partial charge in [-0.05, 0) is 42.4 Å². The molecule has 5 heteroatoms. The first-order chi connectivity index (χ1) is 13.5. The summed E-state index contributed by atoms with van der Waals surface area (Å²) in [6, 6.07) is 17.1. The summed E-state index contributed by atoms with van der Waals surface area (Å²) in [6.07, 6.45) is 6.29. The molecule has 29 heavy (non-hydrogen) atoms. The number of rotatable bonds is 12. The van der Waals surface area contributed by atoms with E-state index in [0.29, 0.717) is 0 Å². The molecule has 0 bridgehead atoms. The Morgan fingerprint density at radius 3 is 1.69 bits per heavy atom. The summed E-state index contributed by atoms with van der Waals surface area (Å²) >= 11 is 0. The summed E-state index contributed by atoms with van der Waals surface area (Å²) in [4.78, 5) is 23.6. The number of carboxylic acid groups (broad SMARTS) is 2. The monoisotopic (exact) mass is 471 g/mol. The number of aliphatic carboxylic acids is 2. The Morgan fingerprint density at radius 1 is 0.724 bits per heavy atom. The molecule has 1 radical (unpaired) electrons. The van der Waals surface area contributed by atoms with Gasteiger partial charge in [0.15, 0.2) is 0 Å². The van der Waals surface area contributed by atoms with Gasteiger partial charge in [-0.25, -0.2) is 0 Å². The van der Waals surface area contributed by atoms with Crippen LogP contribution in [0.15, 0.2) is 54.6 Å². The van der Waals surface area contributed by atoms with Crippen molar-refractivity contribution in [1.82, 2.24) is 0 Å². The summed E-state index contributed by atoms with van der Waals surface area (Å²) in [5.74, 6) is -4.06. The molecule has 2 atom stereocenters. The van der Waals surface area contributed by atoms with Crippen molar-refractivity contribution in [3.63, 3.8) is 0 Å². The molecule has 0 unspecified atom stereocenters. The zero-order valence-corrected chi connectivity index (χ0v) is 19.9. The Morgan fingerprint density at radius 2 is 1.21 bits per heavy atom. The molecule has 0 saturated heterocycles. The van der Waals surface area contributed by atoms with Gasteiger partial charge in [-0.1, -0.05) is 80.8 Å². The second-order valence-corrected chi connectivity index (χ2v) is 7.41. The maximum Gasteiger partial charge on any atom is 0.307 e. The summed E-state index contributed by atoms with van der Waals surface area (Å²) in [5.41, 5.74) is 2.94.